The highest BCUT2D eigenvalue weighted by Crippen LogP contribution is 2.30. The molecule has 0 radical (unpaired) electrons. The highest BCUT2D eigenvalue weighted by atomic mass is 35.5. The molecule has 0 atom stereocenters. The number of nitrogens with zero attached hydrogens (tertiary/aromatic N) is 5. The zero-order valence-electron chi connectivity index (χ0n) is 26.9. The van der Waals surface area contributed by atoms with E-state index in [9.17, 15) is 0 Å². The largest absolute Gasteiger partial charge is 0.493 e. The van der Waals surface area contributed by atoms with E-state index in [-0.39, 0.29) is 6.61 Å². The summed E-state index contributed by atoms with van der Waals surface area (Å²) in [6, 6.07) is 29.7. The maximum absolute atomic E-state index is 6.30. The highest BCUT2D eigenvalue weighted by molar-refractivity contribution is 6.35. The Morgan fingerprint density at radius 3 is 2.40 bits per heavy atom. The molecule has 0 amide bonds. The van der Waals surface area contributed by atoms with E-state index in [1.165, 1.54) is 11.1 Å². The first-order valence-electron chi connectivity index (χ1n) is 15.8. The molecule has 1 aromatic heterocycles. The predicted octanol–water partition coefficient (Wildman–Crippen LogP) is 8.72. The van der Waals surface area contributed by atoms with E-state index in [0.29, 0.717) is 45.3 Å². The van der Waals surface area contributed by atoms with Crippen molar-refractivity contribution in [3.05, 3.63) is 123 Å². The molecule has 246 valence electrons. The number of hydrogen-bond acceptors (Lipinski definition) is 9. The third-order valence-corrected chi connectivity index (χ3v) is 8.75. The van der Waals surface area contributed by atoms with Gasteiger partial charge in [-0.15, -0.1) is 0 Å². The summed E-state index contributed by atoms with van der Waals surface area (Å²) in [6.07, 6.45) is 4.89. The lowest BCUT2D eigenvalue weighted by molar-refractivity contribution is 0.284. The molecule has 9 nitrogen and oxygen atoms in total. The number of nitrogens with one attached hydrogen (secondary N) is 2. The van der Waals surface area contributed by atoms with Crippen LogP contribution in [0.3, 0.4) is 0 Å². The molecular weight excluding hydrogens is 645 g/mol. The number of piperidine rings is 1. The Kier molecular flexibility index (Phi) is 10.9. The fraction of sp³-hybridized carbons (Fsp3) is 0.243. The van der Waals surface area contributed by atoms with Crippen LogP contribution >= 0.6 is 23.2 Å². The minimum absolute atomic E-state index is 0.271. The fourth-order valence-electron chi connectivity index (χ4n) is 5.51. The van der Waals surface area contributed by atoms with Crippen LogP contribution in [0.4, 0.5) is 23.5 Å². The summed E-state index contributed by atoms with van der Waals surface area (Å²) in [7, 11) is 1.59. The Morgan fingerprint density at radius 1 is 0.875 bits per heavy atom. The minimum atomic E-state index is 0.271. The predicted molar refractivity (Wildman–Crippen MR) is 194 cm³/mol. The van der Waals surface area contributed by atoms with Crippen LogP contribution in [-0.4, -0.2) is 41.4 Å². The van der Waals surface area contributed by atoms with Crippen molar-refractivity contribution in [2.45, 2.75) is 32.8 Å². The molecule has 4 aromatic carbocycles. The number of rotatable bonds is 12. The first-order valence-corrected chi connectivity index (χ1v) is 16.6. The van der Waals surface area contributed by atoms with Gasteiger partial charge in [-0.2, -0.15) is 20.1 Å². The SMILES string of the molecule is COc1cc(/C=N\Nc2nc(Nc3ccc(C)cc3)nc(N3CCC(Cc4ccccc4)CC3)n2)ccc1OCc1ccc(Cl)cc1Cl. The van der Waals surface area contributed by atoms with Gasteiger partial charge in [0.25, 0.3) is 0 Å². The second-order valence-electron chi connectivity index (χ2n) is 11.7. The van der Waals surface area contributed by atoms with Crippen LogP contribution < -0.4 is 25.1 Å². The molecule has 0 unspecified atom stereocenters. The van der Waals surface area contributed by atoms with Crippen LogP contribution in [0.2, 0.25) is 10.0 Å². The Balaban J connectivity index is 1.14. The van der Waals surface area contributed by atoms with E-state index in [4.69, 9.17) is 42.6 Å². The van der Waals surface area contributed by atoms with Crippen LogP contribution in [0, 0.1) is 12.8 Å². The first kappa shape index (κ1) is 33.1. The number of ether oxygens (including phenoxy) is 2. The molecule has 48 heavy (non-hydrogen) atoms. The molecule has 2 N–H and O–H groups in total. The topological polar surface area (TPSA) is 96.8 Å². The molecule has 5 aromatic rings. The summed E-state index contributed by atoms with van der Waals surface area (Å²) in [5.41, 5.74) is 8.07. The van der Waals surface area contributed by atoms with Gasteiger partial charge in [0.15, 0.2) is 11.5 Å². The van der Waals surface area contributed by atoms with Crippen LogP contribution in [0.15, 0.2) is 96.1 Å². The molecule has 0 aliphatic carbocycles. The van der Waals surface area contributed by atoms with Gasteiger partial charge in [-0.05, 0) is 85.7 Å². The second-order valence-corrected chi connectivity index (χ2v) is 12.5. The van der Waals surface area contributed by atoms with E-state index >= 15 is 0 Å². The van der Waals surface area contributed by atoms with E-state index < -0.39 is 0 Å². The number of benzene rings is 4. The molecule has 0 bridgehead atoms. The lowest BCUT2D eigenvalue weighted by Gasteiger charge is -2.32. The first-order chi connectivity index (χ1) is 23.4. The summed E-state index contributed by atoms with van der Waals surface area (Å²) >= 11 is 12.3. The van der Waals surface area contributed by atoms with E-state index in [0.717, 1.165) is 49.2 Å². The minimum Gasteiger partial charge on any atom is -0.493 e. The van der Waals surface area contributed by atoms with E-state index in [1.54, 1.807) is 25.5 Å². The molecule has 1 saturated heterocycles. The maximum atomic E-state index is 6.30. The monoisotopic (exact) mass is 681 g/mol. The molecule has 0 spiro atoms. The number of anilines is 4. The zero-order chi connectivity index (χ0) is 33.3. The number of aryl methyl sites for hydroxylation is 1. The van der Waals surface area contributed by atoms with Crippen molar-refractivity contribution in [1.82, 2.24) is 15.0 Å². The zero-order valence-corrected chi connectivity index (χ0v) is 28.4. The van der Waals surface area contributed by atoms with E-state index in [2.05, 4.69) is 63.0 Å². The van der Waals surface area contributed by atoms with E-state index in [1.807, 2.05) is 48.5 Å². The van der Waals surface area contributed by atoms with Crippen molar-refractivity contribution in [3.63, 3.8) is 0 Å². The standard InChI is InChI=1S/C37H37Cl2N7O2/c1-25-8-13-31(14-9-25)41-35-42-36(44-37(43-35)46-18-16-27(17-19-46)20-26-6-4-3-5-7-26)45-40-23-28-10-15-33(34(21-28)47-2)48-24-29-11-12-30(38)22-32(29)39/h3-15,21-23,27H,16-20,24H2,1-2H3,(H2,41,42,43,44,45)/b40-23-. The summed E-state index contributed by atoms with van der Waals surface area (Å²) in [6.45, 7) is 4.06. The normalized spacial score (nSPS) is 13.5. The smallest absolute Gasteiger partial charge is 0.250 e. The Bertz CT molecular complexity index is 1850. The number of methoxy groups -OCH3 is 1. The van der Waals surface area contributed by atoms with Crippen molar-refractivity contribution in [2.75, 3.05) is 35.8 Å². The van der Waals surface area contributed by atoms with Gasteiger partial charge in [-0.25, -0.2) is 5.43 Å². The fourth-order valence-corrected chi connectivity index (χ4v) is 5.97. The molecule has 1 aliphatic rings. The summed E-state index contributed by atoms with van der Waals surface area (Å²) in [5.74, 6) is 3.16. The quantitative estimate of drug-likeness (QED) is 0.0997. The van der Waals surface area contributed by atoms with Crippen LogP contribution in [0.1, 0.15) is 35.1 Å². The molecular formula is C37H37Cl2N7O2. The summed E-state index contributed by atoms with van der Waals surface area (Å²) < 4.78 is 11.6. The van der Waals surface area contributed by atoms with Gasteiger partial charge >= 0.3 is 0 Å². The summed E-state index contributed by atoms with van der Waals surface area (Å²) in [5, 5.41) is 8.88. The third kappa shape index (κ3) is 8.93. The van der Waals surface area contributed by atoms with Crippen LogP contribution in [0.25, 0.3) is 0 Å². The highest BCUT2D eigenvalue weighted by Gasteiger charge is 2.22. The number of hydrazone groups is 1. The van der Waals surface area contributed by atoms with Gasteiger partial charge in [-0.1, -0.05) is 77.3 Å². The molecule has 1 fully saturated rings. The van der Waals surface area contributed by atoms with Crippen LogP contribution in [-0.2, 0) is 13.0 Å². The third-order valence-electron chi connectivity index (χ3n) is 8.16. The number of halogens is 2. The van der Waals surface area contributed by atoms with Crippen molar-refractivity contribution >= 4 is 52.9 Å². The van der Waals surface area contributed by atoms with Crippen molar-refractivity contribution < 1.29 is 9.47 Å². The molecule has 6 rings (SSSR count). The van der Waals surface area contributed by atoms with Crippen LogP contribution in [0.5, 0.6) is 11.5 Å². The lowest BCUT2D eigenvalue weighted by Crippen LogP contribution is -2.35. The van der Waals surface area contributed by atoms with Crippen molar-refractivity contribution in [1.29, 1.82) is 0 Å². The Hall–Kier alpha value is -4.86. The molecule has 1 aliphatic heterocycles. The van der Waals surface area contributed by atoms with Gasteiger partial charge in [0.05, 0.1) is 13.3 Å². The number of hydrogen-bond donors (Lipinski definition) is 2. The average Bonchev–Trinajstić information content (AvgIpc) is 3.10. The second kappa shape index (κ2) is 15.8. The van der Waals surface area contributed by atoms with Crippen molar-refractivity contribution in [2.24, 2.45) is 11.0 Å². The number of aromatic nitrogens is 3. The van der Waals surface area contributed by atoms with Gasteiger partial charge in [-0.3, -0.25) is 0 Å². The summed E-state index contributed by atoms with van der Waals surface area (Å²) in [4.78, 5) is 16.4. The Labute approximate surface area is 291 Å². The van der Waals surface area contributed by atoms with Gasteiger partial charge < -0.3 is 19.7 Å². The molecule has 0 saturated carbocycles. The lowest BCUT2D eigenvalue weighted by atomic mass is 9.90. The average molecular weight is 683 g/mol. The maximum Gasteiger partial charge on any atom is 0.250 e. The molecule has 11 heteroatoms. The van der Waals surface area contributed by atoms with Gasteiger partial charge in [0.2, 0.25) is 17.8 Å². The van der Waals surface area contributed by atoms with Crippen molar-refractivity contribution in [3.8, 4) is 11.5 Å². The molecule has 2 heterocycles. The Morgan fingerprint density at radius 2 is 1.65 bits per heavy atom. The van der Waals surface area contributed by atoms with Gasteiger partial charge in [0.1, 0.15) is 6.61 Å². The van der Waals surface area contributed by atoms with Gasteiger partial charge in [0, 0.05) is 34.4 Å².